The van der Waals surface area contributed by atoms with Gasteiger partial charge in [-0.1, -0.05) is 20.3 Å². The molecule has 96 valence electrons. The van der Waals surface area contributed by atoms with Gasteiger partial charge in [0.2, 0.25) is 0 Å². The molecular formula is C11H24N2O2S. The molecule has 0 amide bonds. The average molecular weight is 248 g/mol. The van der Waals surface area contributed by atoms with Crippen molar-refractivity contribution in [3.05, 3.63) is 0 Å². The van der Waals surface area contributed by atoms with Crippen LogP contribution in [-0.2, 0) is 10.2 Å². The fraction of sp³-hybridized carbons (Fsp3) is 1.00. The van der Waals surface area contributed by atoms with Crippen molar-refractivity contribution in [2.24, 2.45) is 5.92 Å². The van der Waals surface area contributed by atoms with Gasteiger partial charge in [-0.15, -0.1) is 0 Å². The molecule has 0 bridgehead atoms. The molecule has 1 aliphatic heterocycles. The first-order valence-electron chi connectivity index (χ1n) is 6.20. The maximum atomic E-state index is 12.2. The average Bonchev–Trinajstić information content (AvgIpc) is 2.25. The zero-order valence-corrected chi connectivity index (χ0v) is 11.5. The number of hydrogen-bond acceptors (Lipinski definition) is 2. The standard InChI is InChI=1S/C11H24N2O2S/c1-4-5-8-12(3)16(14,15)13-9-6-7-11(2)10-13/h11H,4-10H2,1-3H3. The first-order valence-corrected chi connectivity index (χ1v) is 7.59. The van der Waals surface area contributed by atoms with Gasteiger partial charge in [0.15, 0.2) is 0 Å². The summed E-state index contributed by atoms with van der Waals surface area (Å²) < 4.78 is 27.5. The Hall–Kier alpha value is -0.130. The van der Waals surface area contributed by atoms with Gasteiger partial charge in [0.1, 0.15) is 0 Å². The lowest BCUT2D eigenvalue weighted by Gasteiger charge is -2.33. The minimum atomic E-state index is -3.20. The second kappa shape index (κ2) is 5.98. The van der Waals surface area contributed by atoms with Crippen molar-refractivity contribution in [2.45, 2.75) is 39.5 Å². The molecule has 1 saturated heterocycles. The summed E-state index contributed by atoms with van der Waals surface area (Å²) in [7, 11) is -1.52. The molecule has 0 N–H and O–H groups in total. The maximum Gasteiger partial charge on any atom is 0.281 e. The molecule has 1 fully saturated rings. The van der Waals surface area contributed by atoms with Crippen molar-refractivity contribution in [1.82, 2.24) is 8.61 Å². The minimum Gasteiger partial charge on any atom is -0.195 e. The van der Waals surface area contributed by atoms with Crippen molar-refractivity contribution < 1.29 is 8.42 Å². The molecule has 0 aliphatic carbocycles. The van der Waals surface area contributed by atoms with Crippen LogP contribution in [0.4, 0.5) is 0 Å². The van der Waals surface area contributed by atoms with Crippen LogP contribution in [0, 0.1) is 5.92 Å². The molecular weight excluding hydrogens is 224 g/mol. The van der Waals surface area contributed by atoms with Crippen LogP contribution >= 0.6 is 0 Å². The molecule has 5 heteroatoms. The van der Waals surface area contributed by atoms with Crippen molar-refractivity contribution in [2.75, 3.05) is 26.7 Å². The van der Waals surface area contributed by atoms with Gasteiger partial charge in [0.25, 0.3) is 10.2 Å². The minimum absolute atomic E-state index is 0.489. The van der Waals surface area contributed by atoms with E-state index in [9.17, 15) is 8.42 Å². The Bertz CT molecular complexity index is 303. The van der Waals surface area contributed by atoms with Crippen LogP contribution in [0.1, 0.15) is 39.5 Å². The number of piperidine rings is 1. The lowest BCUT2D eigenvalue weighted by molar-refractivity contribution is 0.263. The van der Waals surface area contributed by atoms with Gasteiger partial charge >= 0.3 is 0 Å². The molecule has 4 nitrogen and oxygen atoms in total. The van der Waals surface area contributed by atoms with E-state index >= 15 is 0 Å². The first kappa shape index (κ1) is 13.9. The van der Waals surface area contributed by atoms with Crippen LogP contribution < -0.4 is 0 Å². The third kappa shape index (κ3) is 3.43. The molecule has 1 atom stereocenters. The second-order valence-corrected chi connectivity index (χ2v) is 6.82. The molecule has 0 aromatic carbocycles. The monoisotopic (exact) mass is 248 g/mol. The van der Waals surface area contributed by atoms with Crippen molar-refractivity contribution in [1.29, 1.82) is 0 Å². The summed E-state index contributed by atoms with van der Waals surface area (Å²) in [5.74, 6) is 0.489. The molecule has 0 aromatic heterocycles. The Morgan fingerprint density at radius 1 is 1.44 bits per heavy atom. The Labute approximate surface area is 99.8 Å². The van der Waals surface area contributed by atoms with Gasteiger partial charge in [-0.05, 0) is 25.2 Å². The number of rotatable bonds is 5. The third-order valence-electron chi connectivity index (χ3n) is 3.17. The molecule has 0 spiro atoms. The second-order valence-electron chi connectivity index (χ2n) is 4.79. The Morgan fingerprint density at radius 2 is 2.12 bits per heavy atom. The van der Waals surface area contributed by atoms with Gasteiger partial charge in [-0.3, -0.25) is 0 Å². The highest BCUT2D eigenvalue weighted by atomic mass is 32.2. The molecule has 0 aromatic rings. The molecule has 1 rings (SSSR count). The van der Waals surface area contributed by atoms with Crippen LogP contribution in [0.2, 0.25) is 0 Å². The van der Waals surface area contributed by atoms with E-state index in [1.165, 1.54) is 4.31 Å². The first-order chi connectivity index (χ1) is 7.48. The van der Waals surface area contributed by atoms with Crippen LogP contribution in [0.15, 0.2) is 0 Å². The summed E-state index contributed by atoms with van der Waals surface area (Å²) in [5.41, 5.74) is 0. The van der Waals surface area contributed by atoms with E-state index in [1.807, 2.05) is 0 Å². The fourth-order valence-corrected chi connectivity index (χ4v) is 3.61. The van der Waals surface area contributed by atoms with Crippen molar-refractivity contribution in [3.63, 3.8) is 0 Å². The Kier molecular flexibility index (Phi) is 5.21. The van der Waals surface area contributed by atoms with E-state index in [4.69, 9.17) is 0 Å². The van der Waals surface area contributed by atoms with E-state index in [2.05, 4.69) is 13.8 Å². The van der Waals surface area contributed by atoms with Gasteiger partial charge in [-0.25, -0.2) is 0 Å². The molecule has 0 saturated carbocycles. The lowest BCUT2D eigenvalue weighted by Crippen LogP contribution is -2.46. The van der Waals surface area contributed by atoms with E-state index in [1.54, 1.807) is 11.4 Å². The highest BCUT2D eigenvalue weighted by molar-refractivity contribution is 7.86. The molecule has 0 radical (unpaired) electrons. The topological polar surface area (TPSA) is 40.6 Å². The van der Waals surface area contributed by atoms with Gasteiger partial charge < -0.3 is 0 Å². The quantitative estimate of drug-likeness (QED) is 0.743. The lowest BCUT2D eigenvalue weighted by atomic mass is 10.0. The maximum absolute atomic E-state index is 12.2. The summed E-state index contributed by atoms with van der Waals surface area (Å²) in [6.07, 6.45) is 4.09. The largest absolute Gasteiger partial charge is 0.281 e. The zero-order chi connectivity index (χ0) is 12.2. The smallest absolute Gasteiger partial charge is 0.195 e. The summed E-state index contributed by atoms with van der Waals surface area (Å²) >= 11 is 0. The van der Waals surface area contributed by atoms with Gasteiger partial charge in [0, 0.05) is 26.7 Å². The van der Waals surface area contributed by atoms with E-state index in [0.29, 0.717) is 25.6 Å². The van der Waals surface area contributed by atoms with Crippen LogP contribution in [0.5, 0.6) is 0 Å². The summed E-state index contributed by atoms with van der Waals surface area (Å²) in [6.45, 7) is 6.18. The normalized spacial score (nSPS) is 23.9. The van der Waals surface area contributed by atoms with Crippen LogP contribution in [-0.4, -0.2) is 43.7 Å². The Morgan fingerprint density at radius 3 is 2.69 bits per heavy atom. The number of nitrogens with zero attached hydrogens (tertiary/aromatic N) is 2. The zero-order valence-electron chi connectivity index (χ0n) is 10.6. The summed E-state index contributed by atoms with van der Waals surface area (Å²) in [4.78, 5) is 0. The molecule has 1 heterocycles. The van der Waals surface area contributed by atoms with Gasteiger partial charge in [0.05, 0.1) is 0 Å². The fourth-order valence-electron chi connectivity index (χ4n) is 2.05. The number of hydrogen-bond donors (Lipinski definition) is 0. The SMILES string of the molecule is CCCCN(C)S(=O)(=O)N1CCCC(C)C1. The van der Waals surface area contributed by atoms with Crippen LogP contribution in [0.3, 0.4) is 0 Å². The predicted molar refractivity (Wildman–Crippen MR) is 66.4 cm³/mol. The highest BCUT2D eigenvalue weighted by Gasteiger charge is 2.29. The van der Waals surface area contributed by atoms with Crippen LogP contribution in [0.25, 0.3) is 0 Å². The van der Waals surface area contributed by atoms with Gasteiger partial charge in [-0.2, -0.15) is 17.0 Å². The molecule has 1 aliphatic rings. The highest BCUT2D eigenvalue weighted by Crippen LogP contribution is 2.20. The van der Waals surface area contributed by atoms with E-state index in [-0.39, 0.29) is 0 Å². The van der Waals surface area contributed by atoms with Crippen molar-refractivity contribution >= 4 is 10.2 Å². The molecule has 16 heavy (non-hydrogen) atoms. The summed E-state index contributed by atoms with van der Waals surface area (Å²) in [6, 6.07) is 0. The third-order valence-corrected chi connectivity index (χ3v) is 5.12. The Balaban J connectivity index is 2.61. The summed E-state index contributed by atoms with van der Waals surface area (Å²) in [5, 5.41) is 0. The number of unbranched alkanes of at least 4 members (excludes halogenated alkanes) is 1. The predicted octanol–water partition coefficient (Wildman–Crippen LogP) is 1.69. The molecule has 1 unspecified atom stereocenters. The van der Waals surface area contributed by atoms with E-state index < -0.39 is 10.2 Å². The van der Waals surface area contributed by atoms with E-state index in [0.717, 1.165) is 25.7 Å². The van der Waals surface area contributed by atoms with Crippen molar-refractivity contribution in [3.8, 4) is 0 Å².